The van der Waals surface area contributed by atoms with Crippen LogP contribution in [0.25, 0.3) is 0 Å². The van der Waals surface area contributed by atoms with Gasteiger partial charge >= 0.3 is 6.09 Å². The zero-order valence-electron chi connectivity index (χ0n) is 16.7. The molecule has 0 fully saturated rings. The van der Waals surface area contributed by atoms with Crippen LogP contribution in [0.15, 0.2) is 77.5 Å². The number of aliphatic hydroxyl groups is 1. The Bertz CT molecular complexity index is 872. The van der Waals surface area contributed by atoms with E-state index in [1.807, 2.05) is 60.7 Å². The van der Waals surface area contributed by atoms with Crippen LogP contribution in [0.4, 0.5) is 4.79 Å². The van der Waals surface area contributed by atoms with Crippen molar-refractivity contribution in [2.24, 2.45) is 5.73 Å². The third-order valence-electron chi connectivity index (χ3n) is 4.79. The third kappa shape index (κ3) is 7.02. The number of aliphatic hydroxyl groups excluding tert-OH is 1. The number of hydrogen-bond acceptors (Lipinski definition) is 6. The molecule has 2 aromatic carbocycles. The van der Waals surface area contributed by atoms with E-state index < -0.39 is 18.2 Å². The molecular weight excluding hydrogens is 382 g/mol. The number of ether oxygens (including phenoxy) is 1. The van der Waals surface area contributed by atoms with Gasteiger partial charge in [-0.3, -0.25) is 0 Å². The topological polar surface area (TPSA) is 111 Å². The van der Waals surface area contributed by atoms with Gasteiger partial charge in [-0.05, 0) is 30.4 Å². The minimum absolute atomic E-state index is 0.00991. The molecule has 1 amide bonds. The van der Waals surface area contributed by atoms with Crippen molar-refractivity contribution in [2.45, 2.75) is 44.1 Å². The molecule has 7 nitrogen and oxygen atoms in total. The molecular formula is C23H27N3O4. The molecule has 3 rings (SSSR count). The van der Waals surface area contributed by atoms with Gasteiger partial charge in [0.2, 0.25) is 0 Å². The molecule has 1 aromatic heterocycles. The van der Waals surface area contributed by atoms with Gasteiger partial charge in [0.25, 0.3) is 0 Å². The van der Waals surface area contributed by atoms with Crippen LogP contribution in [0.2, 0.25) is 0 Å². The molecule has 7 heteroatoms. The summed E-state index contributed by atoms with van der Waals surface area (Å²) in [4.78, 5) is 12.3. The molecule has 4 N–H and O–H groups in total. The molecule has 0 bridgehead atoms. The average molecular weight is 409 g/mol. The van der Waals surface area contributed by atoms with Crippen LogP contribution in [-0.4, -0.2) is 34.5 Å². The first kappa shape index (κ1) is 21.5. The molecule has 0 radical (unpaired) electrons. The third-order valence-corrected chi connectivity index (χ3v) is 4.79. The number of nitrogens with zero attached hydrogens (tertiary/aromatic N) is 1. The lowest BCUT2D eigenvalue weighted by Gasteiger charge is -2.26. The second-order valence-electron chi connectivity index (χ2n) is 7.26. The number of aromatic nitrogens is 1. The van der Waals surface area contributed by atoms with E-state index in [0.717, 1.165) is 11.1 Å². The molecule has 3 atom stereocenters. The highest BCUT2D eigenvalue weighted by Gasteiger charge is 2.24. The number of nitrogens with one attached hydrogen (secondary N) is 1. The zero-order chi connectivity index (χ0) is 21.2. The monoisotopic (exact) mass is 409 g/mol. The molecule has 1 heterocycles. The Morgan fingerprint density at radius 3 is 2.27 bits per heavy atom. The van der Waals surface area contributed by atoms with Crippen molar-refractivity contribution < 1.29 is 19.2 Å². The van der Waals surface area contributed by atoms with Crippen LogP contribution < -0.4 is 11.1 Å². The van der Waals surface area contributed by atoms with Gasteiger partial charge in [-0.2, -0.15) is 0 Å². The van der Waals surface area contributed by atoms with Gasteiger partial charge in [0.15, 0.2) is 0 Å². The lowest BCUT2D eigenvalue weighted by Crippen LogP contribution is -2.47. The first-order chi connectivity index (χ1) is 14.6. The Hall–Kier alpha value is -3.16. The predicted octanol–water partition coefficient (Wildman–Crippen LogP) is 2.83. The highest BCUT2D eigenvalue weighted by atomic mass is 16.6. The van der Waals surface area contributed by atoms with E-state index in [2.05, 4.69) is 10.5 Å². The van der Waals surface area contributed by atoms with Crippen LogP contribution in [0.3, 0.4) is 0 Å². The second kappa shape index (κ2) is 11.1. The fraction of sp³-hybridized carbons (Fsp3) is 0.304. The molecule has 158 valence electrons. The number of rotatable bonds is 10. The molecule has 0 saturated carbocycles. The number of alkyl carbamates (subject to hydrolysis) is 1. The van der Waals surface area contributed by atoms with E-state index >= 15 is 0 Å². The number of nitrogens with two attached hydrogens (primary N) is 1. The Morgan fingerprint density at radius 1 is 1.03 bits per heavy atom. The largest absolute Gasteiger partial charge is 0.443 e. The minimum Gasteiger partial charge on any atom is -0.443 e. The molecule has 0 spiro atoms. The number of carbonyl (C=O) groups is 1. The Labute approximate surface area is 175 Å². The van der Waals surface area contributed by atoms with E-state index in [1.54, 1.807) is 6.07 Å². The summed E-state index contributed by atoms with van der Waals surface area (Å²) < 4.78 is 9.91. The Morgan fingerprint density at radius 2 is 1.67 bits per heavy atom. The number of benzene rings is 2. The molecule has 0 aliphatic heterocycles. The quantitative estimate of drug-likeness (QED) is 0.475. The highest BCUT2D eigenvalue weighted by Crippen LogP contribution is 2.13. The molecule has 0 aliphatic rings. The number of amides is 1. The van der Waals surface area contributed by atoms with Crippen molar-refractivity contribution in [1.29, 1.82) is 0 Å². The van der Waals surface area contributed by atoms with E-state index in [4.69, 9.17) is 15.0 Å². The maximum atomic E-state index is 12.3. The van der Waals surface area contributed by atoms with Crippen LogP contribution in [0.1, 0.15) is 23.2 Å². The summed E-state index contributed by atoms with van der Waals surface area (Å²) in [5.74, 6) is 0. The van der Waals surface area contributed by atoms with Crippen molar-refractivity contribution in [3.8, 4) is 0 Å². The van der Waals surface area contributed by atoms with Crippen LogP contribution in [0.5, 0.6) is 0 Å². The van der Waals surface area contributed by atoms with Gasteiger partial charge in [-0.25, -0.2) is 4.79 Å². The second-order valence-corrected chi connectivity index (χ2v) is 7.26. The first-order valence-electron chi connectivity index (χ1n) is 9.94. The lowest BCUT2D eigenvalue weighted by molar-refractivity contribution is 0.0913. The SMILES string of the molecule is N[C@@H](Cc1ccccc1)C[C@H](O)[C@H](Cc1ccccc1)NC(=O)OCc1ccon1. The molecule has 3 aromatic rings. The van der Waals surface area contributed by atoms with Gasteiger partial charge in [-0.1, -0.05) is 65.8 Å². The van der Waals surface area contributed by atoms with Crippen LogP contribution >= 0.6 is 0 Å². The number of hydrogen-bond donors (Lipinski definition) is 3. The van der Waals surface area contributed by atoms with E-state index in [9.17, 15) is 9.90 Å². The average Bonchev–Trinajstić information content (AvgIpc) is 3.27. The van der Waals surface area contributed by atoms with Gasteiger partial charge in [0.1, 0.15) is 18.6 Å². The van der Waals surface area contributed by atoms with Crippen molar-refractivity contribution >= 4 is 6.09 Å². The molecule has 30 heavy (non-hydrogen) atoms. The molecule has 0 saturated heterocycles. The van der Waals surface area contributed by atoms with Crippen molar-refractivity contribution in [1.82, 2.24) is 10.5 Å². The van der Waals surface area contributed by atoms with Crippen molar-refractivity contribution in [3.05, 3.63) is 89.8 Å². The van der Waals surface area contributed by atoms with E-state index in [-0.39, 0.29) is 12.6 Å². The van der Waals surface area contributed by atoms with Gasteiger partial charge in [0.05, 0.1) is 12.1 Å². The fourth-order valence-electron chi connectivity index (χ4n) is 3.27. The van der Waals surface area contributed by atoms with Gasteiger partial charge < -0.3 is 25.4 Å². The fourth-order valence-corrected chi connectivity index (χ4v) is 3.27. The summed E-state index contributed by atoms with van der Waals surface area (Å²) in [5.41, 5.74) is 8.88. The van der Waals surface area contributed by atoms with Gasteiger partial charge in [-0.15, -0.1) is 0 Å². The molecule has 0 aliphatic carbocycles. The summed E-state index contributed by atoms with van der Waals surface area (Å²) in [5, 5.41) is 17.3. The standard InChI is InChI=1S/C23H27N3O4/c24-19(13-17-7-3-1-4-8-17)15-22(27)21(14-18-9-5-2-6-10-18)25-23(28)29-16-20-11-12-30-26-20/h1-12,19,21-22,27H,13-16,24H2,(H,25,28)/t19-,21-,22-/m0/s1. The van der Waals surface area contributed by atoms with E-state index in [1.165, 1.54) is 6.26 Å². The van der Waals surface area contributed by atoms with Crippen molar-refractivity contribution in [2.75, 3.05) is 0 Å². The smallest absolute Gasteiger partial charge is 0.407 e. The summed E-state index contributed by atoms with van der Waals surface area (Å²) in [7, 11) is 0. The van der Waals surface area contributed by atoms with Gasteiger partial charge in [0, 0.05) is 12.1 Å². The Balaban J connectivity index is 1.59. The minimum atomic E-state index is -0.830. The Kier molecular flexibility index (Phi) is 8.00. The maximum absolute atomic E-state index is 12.3. The van der Waals surface area contributed by atoms with Crippen molar-refractivity contribution in [3.63, 3.8) is 0 Å². The van der Waals surface area contributed by atoms with Crippen LogP contribution in [-0.2, 0) is 24.2 Å². The molecule has 0 unspecified atom stereocenters. The van der Waals surface area contributed by atoms with Crippen LogP contribution in [0, 0.1) is 0 Å². The zero-order valence-corrected chi connectivity index (χ0v) is 16.7. The summed E-state index contributed by atoms with van der Waals surface area (Å²) in [6.45, 7) is -0.00991. The summed E-state index contributed by atoms with van der Waals surface area (Å²) >= 11 is 0. The normalized spacial score (nSPS) is 13.9. The number of carbonyl (C=O) groups excluding carboxylic acids is 1. The first-order valence-corrected chi connectivity index (χ1v) is 9.94. The maximum Gasteiger partial charge on any atom is 0.407 e. The summed E-state index contributed by atoms with van der Waals surface area (Å²) in [6, 6.07) is 20.4. The summed E-state index contributed by atoms with van der Waals surface area (Å²) in [6.07, 6.45) is 1.40. The lowest BCUT2D eigenvalue weighted by atomic mass is 9.94. The predicted molar refractivity (Wildman–Crippen MR) is 113 cm³/mol. The highest BCUT2D eigenvalue weighted by molar-refractivity contribution is 5.67. The van der Waals surface area contributed by atoms with E-state index in [0.29, 0.717) is 25.0 Å².